The minimum atomic E-state index is 0.102. The highest BCUT2D eigenvalue weighted by molar-refractivity contribution is 9.10. The summed E-state index contributed by atoms with van der Waals surface area (Å²) >= 11 is 3.73. The fourth-order valence-electron chi connectivity index (χ4n) is 5.35. The van der Waals surface area contributed by atoms with Crippen LogP contribution in [0, 0.1) is 0 Å². The first-order chi connectivity index (χ1) is 16.2. The molecule has 184 valence electrons. The van der Waals surface area contributed by atoms with Gasteiger partial charge in [0, 0.05) is 4.47 Å². The van der Waals surface area contributed by atoms with Gasteiger partial charge in [0.05, 0.1) is 0 Å². The van der Waals surface area contributed by atoms with Crippen molar-refractivity contribution in [1.82, 2.24) is 0 Å². The van der Waals surface area contributed by atoms with Crippen LogP contribution < -0.4 is 0 Å². The SMILES string of the molecule is CC(C)c1c2ccc(-c3cc(C(C)(C)C)cc(C(C)(C)C)c3)cc2c(C(C)C)c2ccc(Br)cc12. The fraction of sp³-hybridized carbons (Fsp3) is 0.412. The first-order valence-electron chi connectivity index (χ1n) is 13.0. The molecule has 0 nitrogen and oxygen atoms in total. The van der Waals surface area contributed by atoms with Crippen LogP contribution in [0.3, 0.4) is 0 Å². The van der Waals surface area contributed by atoms with Crippen molar-refractivity contribution in [1.29, 1.82) is 0 Å². The van der Waals surface area contributed by atoms with Gasteiger partial charge in [0.2, 0.25) is 0 Å². The average Bonchev–Trinajstić information content (AvgIpc) is 2.74. The molecule has 0 atom stereocenters. The minimum Gasteiger partial charge on any atom is -0.0586 e. The van der Waals surface area contributed by atoms with Crippen molar-refractivity contribution in [3.8, 4) is 11.1 Å². The highest BCUT2D eigenvalue weighted by Crippen LogP contribution is 2.43. The van der Waals surface area contributed by atoms with Crippen molar-refractivity contribution in [3.63, 3.8) is 0 Å². The molecule has 0 unspecified atom stereocenters. The minimum absolute atomic E-state index is 0.102. The summed E-state index contributed by atoms with van der Waals surface area (Å²) in [6.07, 6.45) is 0. The lowest BCUT2D eigenvalue weighted by Gasteiger charge is -2.26. The van der Waals surface area contributed by atoms with E-state index in [0.29, 0.717) is 11.8 Å². The normalized spacial score (nSPS) is 12.9. The van der Waals surface area contributed by atoms with Crippen LogP contribution in [-0.4, -0.2) is 0 Å². The van der Waals surface area contributed by atoms with Crippen molar-refractivity contribution < 1.29 is 0 Å². The standard InChI is InChI=1S/C34H41Br/c1-20(2)31-28-14-12-26(35)19-30(28)32(21(3)4)27-13-11-22(17-29(27)31)23-15-24(33(5,6)7)18-25(16-23)34(8,9)10/h11-21H,1-10H3. The van der Waals surface area contributed by atoms with Crippen LogP contribution in [0.1, 0.15) is 103 Å². The molecule has 0 aliphatic rings. The monoisotopic (exact) mass is 528 g/mol. The zero-order chi connectivity index (χ0) is 25.9. The molecule has 0 aliphatic heterocycles. The van der Waals surface area contributed by atoms with E-state index >= 15 is 0 Å². The zero-order valence-corrected chi connectivity index (χ0v) is 24.8. The molecule has 0 fully saturated rings. The summed E-state index contributed by atoms with van der Waals surface area (Å²) in [5, 5.41) is 5.55. The number of fused-ring (bicyclic) bond motifs is 2. The Morgan fingerprint density at radius 1 is 0.514 bits per heavy atom. The number of hydrogen-bond donors (Lipinski definition) is 0. The highest BCUT2D eigenvalue weighted by Gasteiger charge is 2.22. The lowest BCUT2D eigenvalue weighted by Crippen LogP contribution is -2.16. The van der Waals surface area contributed by atoms with E-state index in [1.54, 1.807) is 0 Å². The molecule has 0 saturated heterocycles. The van der Waals surface area contributed by atoms with E-state index in [0.717, 1.165) is 4.47 Å². The topological polar surface area (TPSA) is 0 Å². The smallest absolute Gasteiger partial charge is 0.0181 e. The molecule has 0 saturated carbocycles. The summed E-state index contributed by atoms with van der Waals surface area (Å²) in [4.78, 5) is 0. The van der Waals surface area contributed by atoms with Crippen molar-refractivity contribution in [2.45, 2.75) is 91.9 Å². The summed E-state index contributed by atoms with van der Waals surface area (Å²) in [6, 6.07) is 21.2. The fourth-order valence-corrected chi connectivity index (χ4v) is 5.71. The van der Waals surface area contributed by atoms with Gasteiger partial charge in [-0.1, -0.05) is 122 Å². The molecule has 0 heterocycles. The summed E-state index contributed by atoms with van der Waals surface area (Å²) in [5.41, 5.74) is 8.53. The van der Waals surface area contributed by atoms with Gasteiger partial charge in [-0.3, -0.25) is 0 Å². The highest BCUT2D eigenvalue weighted by atomic mass is 79.9. The van der Waals surface area contributed by atoms with Crippen molar-refractivity contribution in [3.05, 3.63) is 81.3 Å². The molecule has 0 amide bonds. The van der Waals surface area contributed by atoms with E-state index in [1.807, 2.05) is 0 Å². The van der Waals surface area contributed by atoms with E-state index in [2.05, 4.69) is 140 Å². The first-order valence-corrected chi connectivity index (χ1v) is 13.8. The Hall–Kier alpha value is -2.12. The third-order valence-corrected chi connectivity index (χ3v) is 7.81. The van der Waals surface area contributed by atoms with Gasteiger partial charge in [-0.05, 0) is 95.8 Å². The van der Waals surface area contributed by atoms with Crippen molar-refractivity contribution in [2.75, 3.05) is 0 Å². The second-order valence-corrected chi connectivity index (χ2v) is 13.8. The third kappa shape index (κ3) is 4.94. The second-order valence-electron chi connectivity index (χ2n) is 12.9. The van der Waals surface area contributed by atoms with Gasteiger partial charge in [0.1, 0.15) is 0 Å². The Morgan fingerprint density at radius 2 is 0.971 bits per heavy atom. The summed E-state index contributed by atoms with van der Waals surface area (Å²) in [5.74, 6) is 0.877. The van der Waals surface area contributed by atoms with E-state index < -0.39 is 0 Å². The van der Waals surface area contributed by atoms with Crippen LogP contribution in [0.5, 0.6) is 0 Å². The quantitative estimate of drug-likeness (QED) is 0.232. The molecule has 0 aromatic heterocycles. The lowest BCUT2D eigenvalue weighted by atomic mass is 9.78. The number of halogens is 1. The molecule has 4 rings (SSSR count). The maximum Gasteiger partial charge on any atom is 0.0181 e. The van der Waals surface area contributed by atoms with Crippen LogP contribution in [0.15, 0.2) is 59.1 Å². The third-order valence-electron chi connectivity index (χ3n) is 7.31. The average molecular weight is 530 g/mol. The Bertz CT molecular complexity index is 1370. The largest absolute Gasteiger partial charge is 0.0586 e. The summed E-state index contributed by atoms with van der Waals surface area (Å²) in [7, 11) is 0. The van der Waals surface area contributed by atoms with Crippen LogP contribution >= 0.6 is 15.9 Å². The molecule has 35 heavy (non-hydrogen) atoms. The van der Waals surface area contributed by atoms with Gasteiger partial charge >= 0.3 is 0 Å². The Morgan fingerprint density at radius 3 is 1.43 bits per heavy atom. The van der Waals surface area contributed by atoms with Gasteiger partial charge in [0.25, 0.3) is 0 Å². The molecular formula is C34H41Br. The molecule has 0 N–H and O–H groups in total. The zero-order valence-electron chi connectivity index (χ0n) is 23.2. The molecule has 0 aliphatic carbocycles. The van der Waals surface area contributed by atoms with E-state index in [9.17, 15) is 0 Å². The van der Waals surface area contributed by atoms with Gasteiger partial charge in [0.15, 0.2) is 0 Å². The van der Waals surface area contributed by atoms with Crippen LogP contribution in [0.25, 0.3) is 32.7 Å². The predicted octanol–water partition coefficient (Wildman–Crippen LogP) is 11.3. The molecule has 4 aromatic carbocycles. The molecule has 0 radical (unpaired) electrons. The number of benzene rings is 4. The van der Waals surface area contributed by atoms with E-state index in [1.165, 1.54) is 54.9 Å². The van der Waals surface area contributed by atoms with Crippen molar-refractivity contribution >= 4 is 37.5 Å². The van der Waals surface area contributed by atoms with Gasteiger partial charge in [-0.2, -0.15) is 0 Å². The Balaban J connectivity index is 2.10. The lowest BCUT2D eigenvalue weighted by molar-refractivity contribution is 0.569. The van der Waals surface area contributed by atoms with Crippen LogP contribution in [0.4, 0.5) is 0 Å². The number of rotatable bonds is 3. The number of hydrogen-bond acceptors (Lipinski definition) is 0. The van der Waals surface area contributed by atoms with E-state index in [4.69, 9.17) is 0 Å². The predicted molar refractivity (Wildman–Crippen MR) is 160 cm³/mol. The van der Waals surface area contributed by atoms with Gasteiger partial charge in [-0.25, -0.2) is 0 Å². The summed E-state index contributed by atoms with van der Waals surface area (Å²) < 4.78 is 1.14. The summed E-state index contributed by atoms with van der Waals surface area (Å²) in [6.45, 7) is 23.2. The molecule has 4 aromatic rings. The molecule has 1 heteroatoms. The maximum absolute atomic E-state index is 3.73. The van der Waals surface area contributed by atoms with Crippen LogP contribution in [0.2, 0.25) is 0 Å². The maximum atomic E-state index is 3.73. The first kappa shape index (κ1) is 26.0. The van der Waals surface area contributed by atoms with Gasteiger partial charge in [-0.15, -0.1) is 0 Å². The Labute approximate surface area is 221 Å². The molecule has 0 spiro atoms. The van der Waals surface area contributed by atoms with Gasteiger partial charge < -0.3 is 0 Å². The molecule has 0 bridgehead atoms. The Kier molecular flexibility index (Phi) is 6.73. The molecular weight excluding hydrogens is 488 g/mol. The van der Waals surface area contributed by atoms with Crippen molar-refractivity contribution in [2.24, 2.45) is 0 Å². The van der Waals surface area contributed by atoms with Crippen LogP contribution in [-0.2, 0) is 10.8 Å². The second kappa shape index (κ2) is 9.07. The van der Waals surface area contributed by atoms with E-state index in [-0.39, 0.29) is 10.8 Å².